The largest absolute Gasteiger partial charge is 0.394 e. The molecule has 3 rings (SSSR count). The Kier molecular flexibility index (Phi) is 2.87. The van der Waals surface area contributed by atoms with E-state index < -0.39 is 0 Å². The zero-order chi connectivity index (χ0) is 16.0. The van der Waals surface area contributed by atoms with Gasteiger partial charge in [0.25, 0.3) is 0 Å². The minimum absolute atomic E-state index is 0.311. The molecule has 8 N–H and O–H groups in total. The minimum atomic E-state index is 0.311. The summed E-state index contributed by atoms with van der Waals surface area (Å²) in [5.41, 5.74) is 25.6. The Bertz CT molecular complexity index is 792. The van der Waals surface area contributed by atoms with E-state index in [1.807, 2.05) is 0 Å². The van der Waals surface area contributed by atoms with Crippen LogP contribution in [0.25, 0.3) is 11.6 Å². The highest BCUT2D eigenvalue weighted by Crippen LogP contribution is 2.24. The van der Waals surface area contributed by atoms with Crippen molar-refractivity contribution in [3.8, 4) is 11.6 Å². The maximum absolute atomic E-state index is 5.93. The first-order valence-corrected chi connectivity index (χ1v) is 6.44. The molecule has 0 fully saturated rings. The van der Waals surface area contributed by atoms with E-state index in [0.717, 1.165) is 0 Å². The number of hydrogen-bond acceptors (Lipinski definition) is 8. The number of rotatable bonds is 2. The molecule has 3 aromatic heterocycles. The molecular weight excluding hydrogens is 284 g/mol. The Morgan fingerprint density at radius 1 is 0.773 bits per heavy atom. The van der Waals surface area contributed by atoms with Crippen molar-refractivity contribution in [2.75, 3.05) is 22.9 Å². The third-order valence-corrected chi connectivity index (χ3v) is 3.36. The monoisotopic (exact) mass is 300 g/mol. The van der Waals surface area contributed by atoms with E-state index in [1.54, 1.807) is 19.9 Å². The summed E-state index contributed by atoms with van der Waals surface area (Å²) in [6.07, 6.45) is 1.37. The highest BCUT2D eigenvalue weighted by atomic mass is 15.4. The summed E-state index contributed by atoms with van der Waals surface area (Å²) in [6, 6.07) is 1.64. The predicted octanol–water partition coefficient (Wildman–Crippen LogP) is -0.206. The van der Waals surface area contributed by atoms with E-state index in [0.29, 0.717) is 46.0 Å². The average Bonchev–Trinajstić information content (AvgIpc) is 2.92. The lowest BCUT2D eigenvalue weighted by molar-refractivity contribution is 0.801. The third kappa shape index (κ3) is 1.89. The first-order valence-electron chi connectivity index (χ1n) is 6.44. The van der Waals surface area contributed by atoms with Crippen LogP contribution in [0.4, 0.5) is 23.0 Å². The van der Waals surface area contributed by atoms with Crippen molar-refractivity contribution >= 4 is 23.0 Å². The molecule has 3 aromatic rings. The molecule has 10 nitrogen and oxygen atoms in total. The molecule has 0 radical (unpaired) electrons. The summed E-state index contributed by atoms with van der Waals surface area (Å²) in [5, 5.41) is 8.50. The lowest BCUT2D eigenvalue weighted by Gasteiger charge is -2.06. The molecule has 114 valence electrons. The van der Waals surface area contributed by atoms with Crippen molar-refractivity contribution in [2.45, 2.75) is 13.8 Å². The molecule has 0 saturated carbocycles. The number of anilines is 4. The molecule has 0 amide bonds. The maximum atomic E-state index is 5.93. The van der Waals surface area contributed by atoms with Gasteiger partial charge in [0.05, 0.1) is 22.8 Å². The van der Waals surface area contributed by atoms with Crippen LogP contribution < -0.4 is 22.9 Å². The van der Waals surface area contributed by atoms with E-state index in [9.17, 15) is 0 Å². The van der Waals surface area contributed by atoms with Crippen molar-refractivity contribution < 1.29 is 0 Å². The Labute approximate surface area is 125 Å². The molecule has 3 heterocycles. The number of aromatic nitrogens is 6. The van der Waals surface area contributed by atoms with Crippen LogP contribution in [0.3, 0.4) is 0 Å². The average molecular weight is 300 g/mol. The molecule has 0 atom stereocenters. The number of nitrogens with zero attached hydrogens (tertiary/aromatic N) is 6. The van der Waals surface area contributed by atoms with Crippen LogP contribution >= 0.6 is 0 Å². The molecule has 0 spiro atoms. The molecule has 22 heavy (non-hydrogen) atoms. The van der Waals surface area contributed by atoms with E-state index in [-0.39, 0.29) is 0 Å². The summed E-state index contributed by atoms with van der Waals surface area (Å²) in [7, 11) is 0. The molecule has 0 aliphatic carbocycles. The Morgan fingerprint density at radius 2 is 1.18 bits per heavy atom. The van der Waals surface area contributed by atoms with Crippen LogP contribution in [0.1, 0.15) is 11.4 Å². The molecule has 0 saturated heterocycles. The van der Waals surface area contributed by atoms with Gasteiger partial charge in [-0.1, -0.05) is 0 Å². The highest BCUT2D eigenvalue weighted by Gasteiger charge is 2.15. The Morgan fingerprint density at radius 3 is 1.50 bits per heavy atom. The molecule has 0 unspecified atom stereocenters. The topological polar surface area (TPSA) is 166 Å². The van der Waals surface area contributed by atoms with Crippen LogP contribution in [0.5, 0.6) is 0 Å². The summed E-state index contributed by atoms with van der Waals surface area (Å²) in [4.78, 5) is 8.30. The minimum Gasteiger partial charge on any atom is -0.394 e. The second-order valence-electron chi connectivity index (χ2n) is 4.83. The van der Waals surface area contributed by atoms with Crippen LogP contribution in [-0.4, -0.2) is 29.5 Å². The third-order valence-electron chi connectivity index (χ3n) is 3.36. The van der Waals surface area contributed by atoms with Gasteiger partial charge in [-0.15, -0.1) is 0 Å². The Hall–Kier alpha value is -3.30. The van der Waals surface area contributed by atoms with Crippen LogP contribution in [0.15, 0.2) is 12.4 Å². The van der Waals surface area contributed by atoms with Gasteiger partial charge in [-0.3, -0.25) is 0 Å². The van der Waals surface area contributed by atoms with Gasteiger partial charge in [-0.05, 0) is 13.8 Å². The number of hydrogen-bond donors (Lipinski definition) is 4. The van der Waals surface area contributed by atoms with E-state index in [4.69, 9.17) is 22.9 Å². The standard InChI is InChI=1S/C12H16N10/c1-5-9(13)11(15)21(19-5)7-3-8(18-4-17-7)22-12(16)10(14)6(2)20-22/h3-4H,13-16H2,1-2H3. The number of nitrogens with two attached hydrogens (primary N) is 4. The van der Waals surface area contributed by atoms with Crippen molar-refractivity contribution in [3.05, 3.63) is 23.8 Å². The van der Waals surface area contributed by atoms with E-state index >= 15 is 0 Å². The second-order valence-corrected chi connectivity index (χ2v) is 4.83. The first kappa shape index (κ1) is 13.7. The van der Waals surface area contributed by atoms with E-state index in [1.165, 1.54) is 15.7 Å². The molecule has 0 aromatic carbocycles. The van der Waals surface area contributed by atoms with E-state index in [2.05, 4.69) is 20.2 Å². The van der Waals surface area contributed by atoms with Crippen molar-refractivity contribution in [1.29, 1.82) is 0 Å². The number of nitrogen functional groups attached to an aromatic ring is 4. The molecule has 0 aliphatic rings. The highest BCUT2D eigenvalue weighted by molar-refractivity contribution is 5.65. The van der Waals surface area contributed by atoms with Gasteiger partial charge in [0.1, 0.15) is 6.33 Å². The quantitative estimate of drug-likeness (QED) is 0.504. The molecule has 0 aliphatic heterocycles. The fourth-order valence-corrected chi connectivity index (χ4v) is 2.03. The fraction of sp³-hybridized carbons (Fsp3) is 0.167. The van der Waals surface area contributed by atoms with Crippen LogP contribution in [0.2, 0.25) is 0 Å². The second kappa shape index (κ2) is 4.62. The summed E-state index contributed by atoms with van der Waals surface area (Å²) < 4.78 is 2.87. The van der Waals surface area contributed by atoms with Crippen molar-refractivity contribution in [2.24, 2.45) is 0 Å². The Balaban J connectivity index is 2.14. The normalized spacial score (nSPS) is 11.0. The fourth-order valence-electron chi connectivity index (χ4n) is 2.03. The van der Waals surface area contributed by atoms with Gasteiger partial charge in [-0.25, -0.2) is 9.97 Å². The SMILES string of the molecule is Cc1nn(-c2cc(-n3nc(C)c(N)c3N)ncn2)c(N)c1N. The van der Waals surface area contributed by atoms with Gasteiger partial charge in [0, 0.05) is 6.07 Å². The van der Waals surface area contributed by atoms with Gasteiger partial charge < -0.3 is 22.9 Å². The summed E-state index contributed by atoms with van der Waals surface area (Å²) in [6.45, 7) is 3.53. The lowest BCUT2D eigenvalue weighted by Crippen LogP contribution is -2.09. The zero-order valence-corrected chi connectivity index (χ0v) is 12.1. The van der Waals surface area contributed by atoms with Gasteiger partial charge in [0.15, 0.2) is 23.3 Å². The van der Waals surface area contributed by atoms with Crippen LogP contribution in [0, 0.1) is 13.8 Å². The molecular formula is C12H16N10. The summed E-state index contributed by atoms with van der Waals surface area (Å²) in [5.74, 6) is 1.53. The predicted molar refractivity (Wildman–Crippen MR) is 83.4 cm³/mol. The maximum Gasteiger partial charge on any atom is 0.161 e. The lowest BCUT2D eigenvalue weighted by atomic mass is 10.4. The van der Waals surface area contributed by atoms with Gasteiger partial charge >= 0.3 is 0 Å². The van der Waals surface area contributed by atoms with Crippen molar-refractivity contribution in [1.82, 2.24) is 29.5 Å². The molecule has 0 bridgehead atoms. The molecule has 10 heteroatoms. The van der Waals surface area contributed by atoms with Gasteiger partial charge in [-0.2, -0.15) is 19.6 Å². The zero-order valence-electron chi connectivity index (χ0n) is 12.1. The smallest absolute Gasteiger partial charge is 0.161 e. The number of aryl methyl sites for hydroxylation is 2. The van der Waals surface area contributed by atoms with Crippen molar-refractivity contribution in [3.63, 3.8) is 0 Å². The first-order chi connectivity index (χ1) is 10.4. The summed E-state index contributed by atoms with van der Waals surface area (Å²) >= 11 is 0. The van der Waals surface area contributed by atoms with Crippen LogP contribution in [-0.2, 0) is 0 Å². The van der Waals surface area contributed by atoms with Gasteiger partial charge in [0.2, 0.25) is 0 Å².